The van der Waals surface area contributed by atoms with Gasteiger partial charge in [-0.1, -0.05) is 29.8 Å². The minimum atomic E-state index is -4.12. The number of nitrogens with zero attached hydrogens (tertiary/aromatic N) is 1. The standard InChI is InChI=1S/C23H20ClFN2O5S/c1-2-32-23(29)20-13-10-17(14-21(20)24)26-22(28)15-27(18-11-8-16(25)9-12-18)33(30,31)19-6-4-3-5-7-19/h3-14H,2,15H2,1H3,(H,26,28). The Labute approximate surface area is 195 Å². The smallest absolute Gasteiger partial charge is 0.339 e. The zero-order valence-electron chi connectivity index (χ0n) is 17.5. The van der Waals surface area contributed by atoms with E-state index >= 15 is 0 Å². The van der Waals surface area contributed by atoms with Crippen LogP contribution in [0.5, 0.6) is 0 Å². The monoisotopic (exact) mass is 490 g/mol. The van der Waals surface area contributed by atoms with Crippen LogP contribution in [0.2, 0.25) is 5.02 Å². The van der Waals surface area contributed by atoms with Crippen LogP contribution in [-0.2, 0) is 19.6 Å². The first kappa shape index (κ1) is 24.2. The van der Waals surface area contributed by atoms with Crippen molar-refractivity contribution < 1.29 is 27.1 Å². The summed E-state index contributed by atoms with van der Waals surface area (Å²) >= 11 is 6.12. The first-order chi connectivity index (χ1) is 15.7. The van der Waals surface area contributed by atoms with Gasteiger partial charge in [-0.2, -0.15) is 0 Å². The molecule has 0 aliphatic rings. The highest BCUT2D eigenvalue weighted by molar-refractivity contribution is 7.92. The summed E-state index contributed by atoms with van der Waals surface area (Å²) in [5.74, 6) is -1.81. The molecule has 0 spiro atoms. The summed E-state index contributed by atoms with van der Waals surface area (Å²) in [7, 11) is -4.12. The van der Waals surface area contributed by atoms with Crippen LogP contribution in [0.1, 0.15) is 17.3 Å². The average Bonchev–Trinajstić information content (AvgIpc) is 2.79. The molecule has 0 unspecified atom stereocenters. The maximum atomic E-state index is 13.4. The highest BCUT2D eigenvalue weighted by Crippen LogP contribution is 2.25. The number of carbonyl (C=O) groups excluding carboxylic acids is 2. The first-order valence-corrected chi connectivity index (χ1v) is 11.6. The van der Waals surface area contributed by atoms with E-state index in [0.717, 1.165) is 16.4 Å². The normalized spacial score (nSPS) is 11.0. The lowest BCUT2D eigenvalue weighted by Gasteiger charge is -2.24. The van der Waals surface area contributed by atoms with E-state index in [0.29, 0.717) is 0 Å². The van der Waals surface area contributed by atoms with Crippen LogP contribution in [0, 0.1) is 5.82 Å². The molecule has 10 heteroatoms. The maximum Gasteiger partial charge on any atom is 0.339 e. The van der Waals surface area contributed by atoms with Crippen LogP contribution in [0.15, 0.2) is 77.7 Å². The molecule has 0 aromatic heterocycles. The molecule has 33 heavy (non-hydrogen) atoms. The van der Waals surface area contributed by atoms with Crippen molar-refractivity contribution in [1.29, 1.82) is 0 Å². The summed E-state index contributed by atoms with van der Waals surface area (Å²) in [6.45, 7) is 1.26. The lowest BCUT2D eigenvalue weighted by Crippen LogP contribution is -2.38. The van der Waals surface area contributed by atoms with Gasteiger partial charge in [0, 0.05) is 5.69 Å². The molecule has 0 aliphatic heterocycles. The molecule has 0 radical (unpaired) electrons. The van der Waals surface area contributed by atoms with Crippen LogP contribution in [-0.4, -0.2) is 33.4 Å². The maximum absolute atomic E-state index is 13.4. The number of benzene rings is 3. The Kier molecular flexibility index (Phi) is 7.67. The molecule has 0 bridgehead atoms. The van der Waals surface area contributed by atoms with Crippen molar-refractivity contribution in [3.05, 3.63) is 89.2 Å². The molecule has 3 aromatic carbocycles. The number of hydrogen-bond acceptors (Lipinski definition) is 5. The van der Waals surface area contributed by atoms with Crippen LogP contribution in [0.3, 0.4) is 0 Å². The molecule has 0 saturated heterocycles. The van der Waals surface area contributed by atoms with Crippen molar-refractivity contribution in [2.24, 2.45) is 0 Å². The number of sulfonamides is 1. The number of amides is 1. The highest BCUT2D eigenvalue weighted by atomic mass is 35.5. The zero-order valence-corrected chi connectivity index (χ0v) is 19.1. The summed E-state index contributed by atoms with van der Waals surface area (Å²) in [5.41, 5.74) is 0.511. The lowest BCUT2D eigenvalue weighted by molar-refractivity contribution is -0.114. The quantitative estimate of drug-likeness (QED) is 0.470. The van der Waals surface area contributed by atoms with E-state index in [-0.39, 0.29) is 33.5 Å². The van der Waals surface area contributed by atoms with Gasteiger partial charge < -0.3 is 10.1 Å². The molecule has 3 rings (SSSR count). The number of rotatable bonds is 8. The van der Waals surface area contributed by atoms with E-state index in [1.807, 2.05) is 0 Å². The Hall–Kier alpha value is -3.43. The SMILES string of the molecule is CCOC(=O)c1ccc(NC(=O)CN(c2ccc(F)cc2)S(=O)(=O)c2ccccc2)cc1Cl. The molecular formula is C23H20ClFN2O5S. The third-order valence-corrected chi connectivity index (χ3v) is 6.58. The Bertz CT molecular complexity index is 1250. The van der Waals surface area contributed by atoms with Gasteiger partial charge in [0.25, 0.3) is 10.0 Å². The number of anilines is 2. The molecule has 3 aromatic rings. The van der Waals surface area contributed by atoms with Crippen molar-refractivity contribution in [2.75, 3.05) is 22.8 Å². The van der Waals surface area contributed by atoms with Crippen molar-refractivity contribution in [1.82, 2.24) is 0 Å². The Morgan fingerprint density at radius 3 is 2.30 bits per heavy atom. The number of esters is 1. The lowest BCUT2D eigenvalue weighted by atomic mass is 10.2. The fourth-order valence-corrected chi connectivity index (χ4v) is 4.64. The fourth-order valence-electron chi connectivity index (χ4n) is 2.94. The molecule has 0 atom stereocenters. The molecule has 0 heterocycles. The topological polar surface area (TPSA) is 92.8 Å². The van der Waals surface area contributed by atoms with Crippen LogP contribution in [0.25, 0.3) is 0 Å². The molecule has 7 nitrogen and oxygen atoms in total. The molecular weight excluding hydrogens is 471 g/mol. The highest BCUT2D eigenvalue weighted by Gasteiger charge is 2.27. The second-order valence-corrected chi connectivity index (χ2v) is 9.03. The summed E-state index contributed by atoms with van der Waals surface area (Å²) in [5, 5.41) is 2.63. The van der Waals surface area contributed by atoms with Gasteiger partial charge in [-0.15, -0.1) is 0 Å². The summed E-state index contributed by atoms with van der Waals surface area (Å²) in [4.78, 5) is 24.6. The van der Waals surface area contributed by atoms with Crippen molar-refractivity contribution in [3.8, 4) is 0 Å². The van der Waals surface area contributed by atoms with Crippen molar-refractivity contribution in [3.63, 3.8) is 0 Å². The Balaban J connectivity index is 1.86. The number of hydrogen-bond donors (Lipinski definition) is 1. The Morgan fingerprint density at radius 1 is 1.03 bits per heavy atom. The summed E-state index contributed by atoms with van der Waals surface area (Å²) < 4.78 is 45.6. The minimum absolute atomic E-state index is 0.0241. The van der Waals surface area contributed by atoms with Crippen LogP contribution >= 0.6 is 11.6 Å². The average molecular weight is 491 g/mol. The summed E-state index contributed by atoms with van der Waals surface area (Å²) in [6.07, 6.45) is 0. The Morgan fingerprint density at radius 2 is 1.70 bits per heavy atom. The predicted octanol–water partition coefficient (Wildman–Crippen LogP) is 4.49. The minimum Gasteiger partial charge on any atom is -0.462 e. The molecule has 0 aliphatic carbocycles. The molecule has 0 fully saturated rings. The van der Waals surface area contributed by atoms with Crippen LogP contribution in [0.4, 0.5) is 15.8 Å². The number of nitrogens with one attached hydrogen (secondary N) is 1. The predicted molar refractivity (Wildman–Crippen MR) is 123 cm³/mol. The van der Waals surface area contributed by atoms with E-state index in [1.54, 1.807) is 25.1 Å². The van der Waals surface area contributed by atoms with E-state index in [2.05, 4.69) is 5.32 Å². The van der Waals surface area contributed by atoms with Gasteiger partial charge in [-0.3, -0.25) is 9.10 Å². The van der Waals surface area contributed by atoms with Crippen molar-refractivity contribution >= 4 is 44.9 Å². The van der Waals surface area contributed by atoms with Gasteiger partial charge in [-0.25, -0.2) is 17.6 Å². The molecule has 1 amide bonds. The molecule has 172 valence electrons. The first-order valence-electron chi connectivity index (χ1n) is 9.82. The van der Waals surface area contributed by atoms with Crippen LogP contribution < -0.4 is 9.62 Å². The van der Waals surface area contributed by atoms with Crippen molar-refractivity contribution in [2.45, 2.75) is 11.8 Å². The van der Waals surface area contributed by atoms with E-state index in [4.69, 9.17) is 16.3 Å². The van der Waals surface area contributed by atoms with E-state index < -0.39 is 34.3 Å². The van der Waals surface area contributed by atoms with Gasteiger partial charge in [0.15, 0.2) is 0 Å². The third-order valence-electron chi connectivity index (χ3n) is 4.48. The number of carbonyl (C=O) groups is 2. The summed E-state index contributed by atoms with van der Waals surface area (Å²) in [6, 6.07) is 16.5. The van der Waals surface area contributed by atoms with Gasteiger partial charge in [0.2, 0.25) is 5.91 Å². The second kappa shape index (κ2) is 10.5. The van der Waals surface area contributed by atoms with Gasteiger partial charge in [0.05, 0.1) is 27.8 Å². The zero-order chi connectivity index (χ0) is 24.0. The number of ether oxygens (including phenoxy) is 1. The second-order valence-electron chi connectivity index (χ2n) is 6.76. The third kappa shape index (κ3) is 5.88. The fraction of sp³-hybridized carbons (Fsp3) is 0.130. The van der Waals surface area contributed by atoms with Gasteiger partial charge in [0.1, 0.15) is 12.4 Å². The van der Waals surface area contributed by atoms with E-state index in [1.165, 1.54) is 42.5 Å². The van der Waals surface area contributed by atoms with Gasteiger partial charge >= 0.3 is 5.97 Å². The number of halogens is 2. The van der Waals surface area contributed by atoms with E-state index in [9.17, 15) is 22.4 Å². The molecule has 1 N–H and O–H groups in total. The van der Waals surface area contributed by atoms with Gasteiger partial charge in [-0.05, 0) is 61.5 Å². The largest absolute Gasteiger partial charge is 0.462 e. The molecule has 0 saturated carbocycles.